The average Bonchev–Trinajstić information content (AvgIpc) is 2.76. The number of aromatic nitrogens is 2. The summed E-state index contributed by atoms with van der Waals surface area (Å²) in [6.45, 7) is 2.71. The van der Waals surface area contributed by atoms with E-state index in [0.717, 1.165) is 12.5 Å². The van der Waals surface area contributed by atoms with Crippen molar-refractivity contribution < 1.29 is 31.5 Å². The second kappa shape index (κ2) is 9.81. The van der Waals surface area contributed by atoms with Crippen LogP contribution in [-0.2, 0) is 15.1 Å². The Labute approximate surface area is 197 Å². The Balaban J connectivity index is 2.15. The molecule has 3 rings (SSSR count). The molecule has 1 heterocycles. The molecule has 0 bridgehead atoms. The molecule has 0 radical (unpaired) electrons. The van der Waals surface area contributed by atoms with E-state index in [1.807, 2.05) is 0 Å². The molecule has 1 aromatic heterocycles. The van der Waals surface area contributed by atoms with Crippen LogP contribution in [0.15, 0.2) is 30.6 Å². The van der Waals surface area contributed by atoms with Gasteiger partial charge in [0.15, 0.2) is 5.54 Å². The van der Waals surface area contributed by atoms with Gasteiger partial charge in [0, 0.05) is 24.6 Å². The summed E-state index contributed by atoms with van der Waals surface area (Å²) in [7, 11) is 0. The zero-order valence-electron chi connectivity index (χ0n) is 18.3. The molecule has 6 nitrogen and oxygen atoms in total. The van der Waals surface area contributed by atoms with Gasteiger partial charge in [0.05, 0.1) is 5.56 Å². The standard InChI is InChI=1S/C22H22ClF5N4O2/c1-12-3-5-14(6-4-12)32(19(33)16(23)24)21(2,15-17(25)29-11-30-18(15)26)20(34)31-13-7-9-22(27,28)10-8-13/h3-6,11,13,16H,7-10H2,1-2H3,(H,31,34)/t16-,21-/m0/s1. The van der Waals surface area contributed by atoms with Crippen molar-refractivity contribution >= 4 is 29.1 Å². The number of rotatable bonds is 6. The van der Waals surface area contributed by atoms with Gasteiger partial charge in [-0.25, -0.2) is 23.1 Å². The van der Waals surface area contributed by atoms with Crippen LogP contribution < -0.4 is 10.2 Å². The third-order valence-corrected chi connectivity index (χ3v) is 6.07. The summed E-state index contributed by atoms with van der Waals surface area (Å²) in [6, 6.07) is 4.99. The number of benzene rings is 1. The Bertz CT molecular complexity index is 1040. The molecule has 184 valence electrons. The largest absolute Gasteiger partial charge is 0.351 e. The molecular weight excluding hydrogens is 483 g/mol. The highest BCUT2D eigenvalue weighted by molar-refractivity contribution is 6.32. The maximum Gasteiger partial charge on any atom is 0.278 e. The average molecular weight is 505 g/mol. The van der Waals surface area contributed by atoms with Gasteiger partial charge in [0.2, 0.25) is 17.8 Å². The second-order valence-corrected chi connectivity index (χ2v) is 8.70. The number of aryl methyl sites for hydroxylation is 1. The number of hydrogen-bond acceptors (Lipinski definition) is 4. The van der Waals surface area contributed by atoms with Gasteiger partial charge in [-0.3, -0.25) is 14.5 Å². The fourth-order valence-corrected chi connectivity index (χ4v) is 4.08. The van der Waals surface area contributed by atoms with Crippen LogP contribution in [0.25, 0.3) is 0 Å². The summed E-state index contributed by atoms with van der Waals surface area (Å²) in [4.78, 5) is 33.6. The van der Waals surface area contributed by atoms with Gasteiger partial charge in [-0.05, 0) is 38.8 Å². The number of hydrogen-bond donors (Lipinski definition) is 1. The molecule has 0 aliphatic heterocycles. The van der Waals surface area contributed by atoms with E-state index in [1.165, 1.54) is 24.3 Å². The van der Waals surface area contributed by atoms with Crippen molar-refractivity contribution in [3.63, 3.8) is 0 Å². The SMILES string of the molecule is Cc1ccc(N(C(=O)[C@H](F)Cl)[C@](C)(C(=O)NC2CCC(F)(F)CC2)c2c(F)ncnc2F)cc1. The highest BCUT2D eigenvalue weighted by Crippen LogP contribution is 2.38. The van der Waals surface area contributed by atoms with Crippen molar-refractivity contribution in [1.29, 1.82) is 0 Å². The van der Waals surface area contributed by atoms with E-state index in [1.54, 1.807) is 6.92 Å². The van der Waals surface area contributed by atoms with Crippen molar-refractivity contribution in [2.24, 2.45) is 0 Å². The number of nitrogens with zero attached hydrogens (tertiary/aromatic N) is 3. The van der Waals surface area contributed by atoms with Crippen LogP contribution in [-0.4, -0.2) is 39.4 Å². The highest BCUT2D eigenvalue weighted by atomic mass is 35.5. The zero-order valence-corrected chi connectivity index (χ0v) is 19.1. The molecule has 12 heteroatoms. The Morgan fingerprint density at radius 1 is 1.15 bits per heavy atom. The lowest BCUT2D eigenvalue weighted by atomic mass is 9.87. The van der Waals surface area contributed by atoms with Crippen LogP contribution in [0.2, 0.25) is 0 Å². The summed E-state index contributed by atoms with van der Waals surface area (Å²) in [6.07, 6.45) is -0.635. The van der Waals surface area contributed by atoms with Gasteiger partial charge in [-0.1, -0.05) is 29.3 Å². The number of amides is 2. The first-order valence-corrected chi connectivity index (χ1v) is 10.8. The Hall–Kier alpha value is -2.82. The summed E-state index contributed by atoms with van der Waals surface area (Å²) in [5.41, 5.74) is -5.61. The van der Waals surface area contributed by atoms with Gasteiger partial charge >= 0.3 is 0 Å². The predicted molar refractivity (Wildman–Crippen MR) is 114 cm³/mol. The lowest BCUT2D eigenvalue weighted by Crippen LogP contribution is -2.61. The lowest BCUT2D eigenvalue weighted by Gasteiger charge is -2.41. The molecule has 2 atom stereocenters. The molecule has 1 saturated carbocycles. The van der Waals surface area contributed by atoms with E-state index in [-0.39, 0.29) is 18.5 Å². The fraction of sp³-hybridized carbons (Fsp3) is 0.455. The first-order chi connectivity index (χ1) is 15.9. The molecule has 1 N–H and O–H groups in total. The quantitative estimate of drug-likeness (QED) is 0.356. The van der Waals surface area contributed by atoms with Crippen LogP contribution in [0.5, 0.6) is 0 Å². The van der Waals surface area contributed by atoms with Crippen LogP contribution in [0.4, 0.5) is 27.6 Å². The third kappa shape index (κ3) is 5.13. The lowest BCUT2D eigenvalue weighted by molar-refractivity contribution is -0.132. The molecule has 0 spiro atoms. The highest BCUT2D eigenvalue weighted by Gasteiger charge is 2.51. The molecule has 0 unspecified atom stereocenters. The van der Waals surface area contributed by atoms with Gasteiger partial charge in [0.1, 0.15) is 6.33 Å². The van der Waals surface area contributed by atoms with Gasteiger partial charge in [0.25, 0.3) is 17.4 Å². The van der Waals surface area contributed by atoms with Crippen LogP contribution >= 0.6 is 11.6 Å². The number of carbonyl (C=O) groups is 2. The smallest absolute Gasteiger partial charge is 0.278 e. The van der Waals surface area contributed by atoms with Crippen LogP contribution in [0, 0.1) is 18.8 Å². The maximum absolute atomic E-state index is 14.9. The van der Waals surface area contributed by atoms with Gasteiger partial charge in [-0.15, -0.1) is 0 Å². The number of nitrogens with one attached hydrogen (secondary N) is 1. The molecule has 1 fully saturated rings. The summed E-state index contributed by atoms with van der Waals surface area (Å²) >= 11 is 5.41. The van der Waals surface area contributed by atoms with E-state index in [2.05, 4.69) is 15.3 Å². The molecule has 1 aliphatic rings. The van der Waals surface area contributed by atoms with Crippen molar-refractivity contribution in [1.82, 2.24) is 15.3 Å². The maximum atomic E-state index is 14.9. The van der Waals surface area contributed by atoms with Crippen molar-refractivity contribution in [3.8, 4) is 0 Å². The minimum absolute atomic E-state index is 0.0885. The summed E-state index contributed by atoms with van der Waals surface area (Å²) in [5.74, 6) is -8.42. The minimum atomic E-state index is -2.89. The van der Waals surface area contributed by atoms with Gasteiger partial charge in [-0.2, -0.15) is 8.78 Å². The van der Waals surface area contributed by atoms with E-state index in [4.69, 9.17) is 11.6 Å². The zero-order chi connectivity index (χ0) is 25.3. The van der Waals surface area contributed by atoms with Crippen molar-refractivity contribution in [2.45, 2.75) is 62.7 Å². The van der Waals surface area contributed by atoms with Crippen LogP contribution in [0.1, 0.15) is 43.7 Å². The molecular formula is C22H22ClF5N4O2. The number of alkyl halides is 4. The van der Waals surface area contributed by atoms with Crippen molar-refractivity contribution in [3.05, 3.63) is 53.6 Å². The van der Waals surface area contributed by atoms with E-state index in [9.17, 15) is 31.5 Å². The van der Waals surface area contributed by atoms with Gasteiger partial charge < -0.3 is 5.32 Å². The Morgan fingerprint density at radius 2 is 1.68 bits per heavy atom. The fourth-order valence-electron chi connectivity index (χ4n) is 3.98. The summed E-state index contributed by atoms with van der Waals surface area (Å²) < 4.78 is 70.9. The molecule has 0 saturated heterocycles. The Kier molecular flexibility index (Phi) is 7.44. The minimum Gasteiger partial charge on any atom is -0.351 e. The summed E-state index contributed by atoms with van der Waals surface area (Å²) in [5, 5.41) is 2.49. The van der Waals surface area contributed by atoms with Crippen LogP contribution in [0.3, 0.4) is 0 Å². The number of anilines is 1. The monoisotopic (exact) mass is 504 g/mol. The molecule has 1 aromatic carbocycles. The molecule has 1 aliphatic carbocycles. The van der Waals surface area contributed by atoms with Crippen molar-refractivity contribution in [2.75, 3.05) is 4.90 Å². The molecule has 2 amide bonds. The Morgan fingerprint density at radius 3 is 2.18 bits per heavy atom. The molecule has 34 heavy (non-hydrogen) atoms. The number of carbonyl (C=O) groups excluding carboxylic acids is 2. The first kappa shape index (κ1) is 25.8. The topological polar surface area (TPSA) is 75.2 Å². The third-order valence-electron chi connectivity index (χ3n) is 5.88. The van der Waals surface area contributed by atoms with E-state index < -0.39 is 65.2 Å². The number of halogens is 6. The second-order valence-electron chi connectivity index (χ2n) is 8.32. The predicted octanol–water partition coefficient (Wildman–Crippen LogP) is 4.54. The molecule has 2 aromatic rings. The van der Waals surface area contributed by atoms with E-state index in [0.29, 0.717) is 11.2 Å². The normalized spacial score (nSPS) is 18.6. The first-order valence-electron chi connectivity index (χ1n) is 10.4. The van der Waals surface area contributed by atoms with E-state index >= 15 is 0 Å².